The summed E-state index contributed by atoms with van der Waals surface area (Å²) in [6.07, 6.45) is 4.09. The van der Waals surface area contributed by atoms with Gasteiger partial charge < -0.3 is 4.40 Å². The third-order valence-electron chi connectivity index (χ3n) is 3.23. The zero-order valence-electron chi connectivity index (χ0n) is 12.0. The highest BCUT2D eigenvalue weighted by Crippen LogP contribution is 2.14. The molecule has 0 aliphatic heterocycles. The Labute approximate surface area is 122 Å². The number of fused-ring (bicyclic) bond motifs is 1. The van der Waals surface area contributed by atoms with Crippen LogP contribution in [-0.4, -0.2) is 26.3 Å². The number of rotatable bonds is 4. The standard InChI is InChI=1S/C15H18N4S/c1-11-4-5-14-16-6-13(19(14)7-11)8-18(3)9-15-17-12(2)10-20-15/h4-7,10H,8-9H2,1-3H3. The smallest absolute Gasteiger partial charge is 0.136 e. The fourth-order valence-corrected chi connectivity index (χ4v) is 3.14. The largest absolute Gasteiger partial charge is 0.303 e. The first-order valence-electron chi connectivity index (χ1n) is 6.64. The van der Waals surface area contributed by atoms with Crippen LogP contribution in [0, 0.1) is 13.8 Å². The maximum Gasteiger partial charge on any atom is 0.136 e. The number of pyridine rings is 1. The third kappa shape index (κ3) is 2.73. The van der Waals surface area contributed by atoms with Crippen molar-refractivity contribution in [1.29, 1.82) is 0 Å². The third-order valence-corrected chi connectivity index (χ3v) is 4.19. The topological polar surface area (TPSA) is 33.4 Å². The molecule has 3 rings (SSSR count). The monoisotopic (exact) mass is 286 g/mol. The first kappa shape index (κ1) is 13.3. The van der Waals surface area contributed by atoms with Gasteiger partial charge in [-0.15, -0.1) is 11.3 Å². The zero-order chi connectivity index (χ0) is 14.1. The van der Waals surface area contributed by atoms with E-state index >= 15 is 0 Å². The van der Waals surface area contributed by atoms with Crippen molar-refractivity contribution in [3.05, 3.63) is 51.9 Å². The summed E-state index contributed by atoms with van der Waals surface area (Å²) in [5.41, 5.74) is 4.56. The van der Waals surface area contributed by atoms with E-state index in [0.29, 0.717) is 0 Å². The van der Waals surface area contributed by atoms with E-state index in [1.165, 1.54) is 11.3 Å². The summed E-state index contributed by atoms with van der Waals surface area (Å²) in [6, 6.07) is 4.15. The van der Waals surface area contributed by atoms with Crippen LogP contribution in [0.4, 0.5) is 0 Å². The molecule has 0 N–H and O–H groups in total. The highest BCUT2D eigenvalue weighted by atomic mass is 32.1. The van der Waals surface area contributed by atoms with Gasteiger partial charge in [-0.05, 0) is 32.5 Å². The van der Waals surface area contributed by atoms with Crippen LogP contribution in [0.25, 0.3) is 5.65 Å². The maximum atomic E-state index is 4.51. The molecular formula is C15H18N4S. The zero-order valence-corrected chi connectivity index (χ0v) is 12.8. The number of aryl methyl sites for hydroxylation is 2. The average molecular weight is 286 g/mol. The van der Waals surface area contributed by atoms with Gasteiger partial charge in [0.15, 0.2) is 0 Å². The number of imidazole rings is 1. The Hall–Kier alpha value is -1.72. The van der Waals surface area contributed by atoms with E-state index in [9.17, 15) is 0 Å². The molecule has 0 saturated heterocycles. The number of hydrogen-bond donors (Lipinski definition) is 0. The van der Waals surface area contributed by atoms with Gasteiger partial charge in [0.05, 0.1) is 18.4 Å². The molecule has 5 heteroatoms. The molecule has 3 heterocycles. The Bertz CT molecular complexity index is 728. The lowest BCUT2D eigenvalue weighted by molar-refractivity contribution is 0.313. The molecule has 0 aliphatic rings. The highest BCUT2D eigenvalue weighted by Gasteiger charge is 2.08. The molecule has 0 bridgehead atoms. The van der Waals surface area contributed by atoms with Crippen molar-refractivity contribution < 1.29 is 0 Å². The Morgan fingerprint density at radius 1 is 1.25 bits per heavy atom. The van der Waals surface area contributed by atoms with Crippen LogP contribution in [0.3, 0.4) is 0 Å². The summed E-state index contributed by atoms with van der Waals surface area (Å²) in [6.45, 7) is 5.87. The van der Waals surface area contributed by atoms with Crippen LogP contribution < -0.4 is 0 Å². The number of hydrogen-bond acceptors (Lipinski definition) is 4. The van der Waals surface area contributed by atoms with Crippen LogP contribution in [0.1, 0.15) is 22.0 Å². The molecule has 3 aromatic rings. The summed E-state index contributed by atoms with van der Waals surface area (Å²) >= 11 is 1.72. The molecule has 0 saturated carbocycles. The van der Waals surface area contributed by atoms with E-state index < -0.39 is 0 Å². The molecule has 4 nitrogen and oxygen atoms in total. The van der Waals surface area contributed by atoms with Crippen molar-refractivity contribution in [1.82, 2.24) is 19.3 Å². The van der Waals surface area contributed by atoms with Crippen molar-refractivity contribution in [2.75, 3.05) is 7.05 Å². The van der Waals surface area contributed by atoms with E-state index in [1.54, 1.807) is 11.3 Å². The van der Waals surface area contributed by atoms with Crippen molar-refractivity contribution in [3.63, 3.8) is 0 Å². The van der Waals surface area contributed by atoms with Gasteiger partial charge in [-0.3, -0.25) is 4.90 Å². The minimum absolute atomic E-state index is 0.864. The Morgan fingerprint density at radius 2 is 2.10 bits per heavy atom. The molecule has 0 atom stereocenters. The molecule has 104 valence electrons. The molecule has 0 aromatic carbocycles. The molecular weight excluding hydrogens is 268 g/mol. The summed E-state index contributed by atoms with van der Waals surface area (Å²) in [5, 5.41) is 3.26. The second-order valence-corrected chi connectivity index (χ2v) is 6.18. The van der Waals surface area contributed by atoms with Crippen molar-refractivity contribution in [3.8, 4) is 0 Å². The summed E-state index contributed by atoms with van der Waals surface area (Å²) in [7, 11) is 2.12. The lowest BCUT2D eigenvalue weighted by Crippen LogP contribution is -2.18. The Kier molecular flexibility index (Phi) is 3.54. The van der Waals surface area contributed by atoms with Crippen LogP contribution in [-0.2, 0) is 13.1 Å². The second-order valence-electron chi connectivity index (χ2n) is 5.24. The minimum Gasteiger partial charge on any atom is -0.303 e. The van der Waals surface area contributed by atoms with E-state index in [0.717, 1.165) is 29.4 Å². The van der Waals surface area contributed by atoms with Gasteiger partial charge in [0.1, 0.15) is 10.7 Å². The Morgan fingerprint density at radius 3 is 2.85 bits per heavy atom. The van der Waals surface area contributed by atoms with Crippen LogP contribution in [0.5, 0.6) is 0 Å². The fraction of sp³-hybridized carbons (Fsp3) is 0.333. The van der Waals surface area contributed by atoms with Gasteiger partial charge in [0.25, 0.3) is 0 Å². The second kappa shape index (κ2) is 5.34. The molecule has 0 aliphatic carbocycles. The van der Waals surface area contributed by atoms with E-state index in [4.69, 9.17) is 0 Å². The number of nitrogens with zero attached hydrogens (tertiary/aromatic N) is 4. The number of aromatic nitrogens is 3. The van der Waals surface area contributed by atoms with Gasteiger partial charge >= 0.3 is 0 Å². The summed E-state index contributed by atoms with van der Waals surface area (Å²) in [5.74, 6) is 0. The van der Waals surface area contributed by atoms with Gasteiger partial charge in [-0.1, -0.05) is 6.07 Å². The van der Waals surface area contributed by atoms with Gasteiger partial charge in [0.2, 0.25) is 0 Å². The van der Waals surface area contributed by atoms with Crippen LogP contribution in [0.2, 0.25) is 0 Å². The van der Waals surface area contributed by atoms with Crippen LogP contribution >= 0.6 is 11.3 Å². The molecule has 0 unspecified atom stereocenters. The number of thiazole rings is 1. The lowest BCUT2D eigenvalue weighted by Gasteiger charge is -2.14. The summed E-state index contributed by atoms with van der Waals surface area (Å²) < 4.78 is 2.17. The van der Waals surface area contributed by atoms with Crippen molar-refractivity contribution in [2.24, 2.45) is 0 Å². The minimum atomic E-state index is 0.864. The molecule has 0 fully saturated rings. The Balaban J connectivity index is 1.77. The average Bonchev–Trinajstić information content (AvgIpc) is 2.97. The predicted octanol–water partition coefficient (Wildman–Crippen LogP) is 3.04. The highest BCUT2D eigenvalue weighted by molar-refractivity contribution is 7.09. The van der Waals surface area contributed by atoms with Gasteiger partial charge in [-0.25, -0.2) is 9.97 Å². The van der Waals surface area contributed by atoms with E-state index in [1.807, 2.05) is 13.1 Å². The molecule has 20 heavy (non-hydrogen) atoms. The first-order chi connectivity index (χ1) is 9.61. The SMILES string of the molecule is Cc1ccc2ncc(CN(C)Cc3nc(C)cs3)n2c1. The molecule has 0 amide bonds. The maximum absolute atomic E-state index is 4.51. The molecule has 0 spiro atoms. The first-order valence-corrected chi connectivity index (χ1v) is 7.52. The van der Waals surface area contributed by atoms with Crippen molar-refractivity contribution >= 4 is 17.0 Å². The quantitative estimate of drug-likeness (QED) is 0.739. The predicted molar refractivity (Wildman–Crippen MR) is 82.0 cm³/mol. The normalized spacial score (nSPS) is 11.6. The van der Waals surface area contributed by atoms with Crippen molar-refractivity contribution in [2.45, 2.75) is 26.9 Å². The molecule has 0 radical (unpaired) electrons. The van der Waals surface area contributed by atoms with E-state index in [2.05, 4.69) is 56.9 Å². The van der Waals surface area contributed by atoms with Crippen LogP contribution in [0.15, 0.2) is 29.9 Å². The molecule has 3 aromatic heterocycles. The van der Waals surface area contributed by atoms with E-state index in [-0.39, 0.29) is 0 Å². The van der Waals surface area contributed by atoms with Gasteiger partial charge in [-0.2, -0.15) is 0 Å². The summed E-state index contributed by atoms with van der Waals surface area (Å²) in [4.78, 5) is 11.2. The lowest BCUT2D eigenvalue weighted by atomic mass is 10.3. The van der Waals surface area contributed by atoms with Gasteiger partial charge in [0, 0.05) is 23.8 Å². The fourth-order valence-electron chi connectivity index (χ4n) is 2.29.